The Morgan fingerprint density at radius 3 is 2.42 bits per heavy atom. The average Bonchev–Trinajstić information content (AvgIpc) is 2.92. The van der Waals surface area contributed by atoms with Crippen LogP contribution in [0, 0.1) is 0 Å². The van der Waals surface area contributed by atoms with Crippen LogP contribution in [0.25, 0.3) is 6.08 Å². The van der Waals surface area contributed by atoms with Crippen LogP contribution >= 0.6 is 24.0 Å². The van der Waals surface area contributed by atoms with E-state index in [0.29, 0.717) is 11.0 Å². The van der Waals surface area contributed by atoms with Crippen molar-refractivity contribution in [3.05, 3.63) is 34.7 Å². The summed E-state index contributed by atoms with van der Waals surface area (Å²) in [7, 11) is 0. The average molecular weight is 391 g/mol. The molecule has 2 fully saturated rings. The molecule has 26 heavy (non-hydrogen) atoms. The standard InChI is InChI=1S/C20H27N3OS2/c1-3-22(4-2)17-10-8-16(9-11-17)14-18-19(24)23(20(25)26-18)15-21-12-6-5-7-13-21/h8-11,14H,3-7,12-13,15H2,1-2H3/p+1/b18-14+. The van der Waals surface area contributed by atoms with Crippen LogP contribution in [0.2, 0.25) is 0 Å². The minimum atomic E-state index is 0.0610. The van der Waals surface area contributed by atoms with Gasteiger partial charge in [0.2, 0.25) is 0 Å². The summed E-state index contributed by atoms with van der Waals surface area (Å²) in [5.41, 5.74) is 2.26. The van der Waals surface area contributed by atoms with Crippen molar-refractivity contribution in [1.29, 1.82) is 0 Å². The number of amides is 1. The van der Waals surface area contributed by atoms with E-state index in [4.69, 9.17) is 12.2 Å². The van der Waals surface area contributed by atoms with Crippen LogP contribution in [0.1, 0.15) is 38.7 Å². The number of rotatable bonds is 6. The second-order valence-electron chi connectivity index (χ2n) is 6.84. The molecule has 1 aromatic carbocycles. The van der Waals surface area contributed by atoms with Crippen molar-refractivity contribution in [3.63, 3.8) is 0 Å². The molecule has 1 aromatic rings. The number of benzene rings is 1. The first-order valence-electron chi connectivity index (χ1n) is 9.56. The second-order valence-corrected chi connectivity index (χ2v) is 8.52. The normalized spacial score (nSPS) is 20.2. The first kappa shape index (κ1) is 19.4. The Morgan fingerprint density at radius 1 is 1.15 bits per heavy atom. The minimum absolute atomic E-state index is 0.0610. The molecule has 140 valence electrons. The molecule has 2 saturated heterocycles. The zero-order valence-electron chi connectivity index (χ0n) is 15.7. The topological polar surface area (TPSA) is 28.0 Å². The zero-order chi connectivity index (χ0) is 18.5. The van der Waals surface area contributed by atoms with E-state index in [2.05, 4.69) is 43.0 Å². The number of nitrogens with one attached hydrogen (secondary N) is 1. The fourth-order valence-corrected chi connectivity index (χ4v) is 4.85. The van der Waals surface area contributed by atoms with Crippen LogP contribution in [0.5, 0.6) is 0 Å². The number of anilines is 1. The summed E-state index contributed by atoms with van der Waals surface area (Å²) >= 11 is 6.90. The Labute approximate surface area is 166 Å². The number of hydrogen-bond acceptors (Lipinski definition) is 4. The van der Waals surface area contributed by atoms with E-state index in [-0.39, 0.29) is 5.91 Å². The molecule has 2 aliphatic rings. The van der Waals surface area contributed by atoms with E-state index < -0.39 is 0 Å². The van der Waals surface area contributed by atoms with Gasteiger partial charge in [-0.2, -0.15) is 0 Å². The molecule has 6 heteroatoms. The third-order valence-corrected chi connectivity index (χ3v) is 6.51. The summed E-state index contributed by atoms with van der Waals surface area (Å²) in [6.07, 6.45) is 5.78. The molecule has 3 rings (SSSR count). The highest BCUT2D eigenvalue weighted by molar-refractivity contribution is 8.26. The van der Waals surface area contributed by atoms with E-state index in [9.17, 15) is 4.79 Å². The van der Waals surface area contributed by atoms with Crippen LogP contribution < -0.4 is 9.80 Å². The first-order valence-corrected chi connectivity index (χ1v) is 10.8. The van der Waals surface area contributed by atoms with Crippen molar-refractivity contribution in [1.82, 2.24) is 4.90 Å². The van der Waals surface area contributed by atoms with Gasteiger partial charge in [-0.3, -0.25) is 4.79 Å². The molecule has 1 N–H and O–H groups in total. The highest BCUT2D eigenvalue weighted by atomic mass is 32.2. The van der Waals surface area contributed by atoms with Gasteiger partial charge in [-0.1, -0.05) is 36.1 Å². The van der Waals surface area contributed by atoms with Gasteiger partial charge >= 0.3 is 0 Å². The van der Waals surface area contributed by atoms with Crippen LogP contribution in [0.4, 0.5) is 5.69 Å². The van der Waals surface area contributed by atoms with Crippen molar-refractivity contribution in [2.24, 2.45) is 0 Å². The third-order valence-electron chi connectivity index (χ3n) is 5.14. The molecule has 0 radical (unpaired) electrons. The van der Waals surface area contributed by atoms with Crippen molar-refractivity contribution in [2.45, 2.75) is 33.1 Å². The lowest BCUT2D eigenvalue weighted by Crippen LogP contribution is -3.14. The number of hydrogen-bond donors (Lipinski definition) is 1. The lowest BCUT2D eigenvalue weighted by molar-refractivity contribution is -0.911. The first-order chi connectivity index (χ1) is 12.6. The molecule has 0 aliphatic carbocycles. The molecule has 2 aliphatic heterocycles. The fourth-order valence-electron chi connectivity index (χ4n) is 3.59. The van der Waals surface area contributed by atoms with E-state index in [1.54, 1.807) is 4.90 Å². The molecule has 4 nitrogen and oxygen atoms in total. The number of thiocarbonyl (C=S) groups is 1. The maximum atomic E-state index is 12.8. The molecule has 0 unspecified atom stereocenters. The summed E-state index contributed by atoms with van der Waals surface area (Å²) in [5, 5.41) is 0. The third kappa shape index (κ3) is 4.48. The van der Waals surface area contributed by atoms with Gasteiger partial charge < -0.3 is 9.80 Å². The quantitative estimate of drug-likeness (QED) is 0.597. The van der Waals surface area contributed by atoms with Gasteiger partial charge in [-0.15, -0.1) is 0 Å². The summed E-state index contributed by atoms with van der Waals surface area (Å²) in [6, 6.07) is 8.40. The Bertz CT molecular complexity index is 677. The van der Waals surface area contributed by atoms with Crippen molar-refractivity contribution < 1.29 is 9.69 Å². The van der Waals surface area contributed by atoms with E-state index >= 15 is 0 Å². The Hall–Kier alpha value is -1.37. The number of nitrogens with zero attached hydrogens (tertiary/aromatic N) is 2. The number of carbonyl (C=O) groups excluding carboxylic acids is 1. The van der Waals surface area contributed by atoms with Gasteiger partial charge in [-0.05, 0) is 56.9 Å². The Kier molecular flexibility index (Phi) is 6.73. The summed E-state index contributed by atoms with van der Waals surface area (Å²) in [6.45, 7) is 9.30. The molecule has 1 amide bonds. The SMILES string of the molecule is CCN(CC)c1ccc(/C=C2/SC(=S)N(C[NH+]3CCCCC3)C2=O)cc1. The molecule has 0 aromatic heterocycles. The zero-order valence-corrected chi connectivity index (χ0v) is 17.3. The molecule has 0 saturated carbocycles. The largest absolute Gasteiger partial charge is 0.372 e. The summed E-state index contributed by atoms with van der Waals surface area (Å²) < 4.78 is 0.694. The monoisotopic (exact) mass is 390 g/mol. The van der Waals surface area contributed by atoms with Gasteiger partial charge in [0.05, 0.1) is 18.0 Å². The van der Waals surface area contributed by atoms with Crippen molar-refractivity contribution in [2.75, 3.05) is 37.7 Å². The van der Waals surface area contributed by atoms with Gasteiger partial charge in [0.1, 0.15) is 0 Å². The smallest absolute Gasteiger partial charge is 0.270 e. The van der Waals surface area contributed by atoms with Gasteiger partial charge in [0, 0.05) is 18.8 Å². The highest BCUT2D eigenvalue weighted by Gasteiger charge is 2.34. The van der Waals surface area contributed by atoms with Crippen molar-refractivity contribution >= 4 is 46.0 Å². The van der Waals surface area contributed by atoms with Gasteiger partial charge in [0.25, 0.3) is 5.91 Å². The number of quaternary nitrogens is 1. The molecule has 0 bridgehead atoms. The molecule has 2 heterocycles. The van der Waals surface area contributed by atoms with Gasteiger partial charge in [0.15, 0.2) is 11.0 Å². The highest BCUT2D eigenvalue weighted by Crippen LogP contribution is 2.32. The molecule has 0 atom stereocenters. The molecular weight excluding hydrogens is 362 g/mol. The van der Waals surface area contributed by atoms with Gasteiger partial charge in [-0.25, -0.2) is 4.90 Å². The number of thioether (sulfide) groups is 1. The summed E-state index contributed by atoms with van der Waals surface area (Å²) in [5.74, 6) is 0.0610. The maximum absolute atomic E-state index is 12.8. The summed E-state index contributed by atoms with van der Waals surface area (Å²) in [4.78, 5) is 19.1. The van der Waals surface area contributed by atoms with Crippen LogP contribution in [-0.2, 0) is 4.79 Å². The lowest BCUT2D eigenvalue weighted by Gasteiger charge is -2.27. The van der Waals surface area contributed by atoms with E-state index in [1.165, 1.54) is 41.6 Å². The van der Waals surface area contributed by atoms with Crippen molar-refractivity contribution in [3.8, 4) is 0 Å². The number of piperidine rings is 1. The molecule has 0 spiro atoms. The Balaban J connectivity index is 1.69. The van der Waals surface area contributed by atoms with E-state index in [1.807, 2.05) is 6.08 Å². The number of carbonyl (C=O) groups is 1. The maximum Gasteiger partial charge on any atom is 0.270 e. The molecular formula is C20H28N3OS2+. The predicted molar refractivity (Wildman–Crippen MR) is 114 cm³/mol. The van der Waals surface area contributed by atoms with Crippen LogP contribution in [0.3, 0.4) is 0 Å². The van der Waals surface area contributed by atoms with Crippen LogP contribution in [-0.4, -0.2) is 48.0 Å². The van der Waals surface area contributed by atoms with E-state index in [0.717, 1.165) is 36.6 Å². The Morgan fingerprint density at radius 2 is 1.81 bits per heavy atom. The van der Waals surface area contributed by atoms with Crippen LogP contribution in [0.15, 0.2) is 29.2 Å². The number of likely N-dealkylation sites (tertiary alicyclic amines) is 1. The lowest BCUT2D eigenvalue weighted by atomic mass is 10.1. The minimum Gasteiger partial charge on any atom is -0.372 e. The predicted octanol–water partition coefficient (Wildman–Crippen LogP) is 2.76. The fraction of sp³-hybridized carbons (Fsp3) is 0.500. The second kappa shape index (κ2) is 9.02.